The number of para-hydroxylation sites is 1. The zero-order valence-electron chi connectivity index (χ0n) is 18.8. The molecular formula is C28H29F2N3. The van der Waals surface area contributed by atoms with E-state index in [0.29, 0.717) is 25.1 Å². The lowest BCUT2D eigenvalue weighted by atomic mass is 9.90. The standard InChI is InChI=1S/C28H29F2N3/c1-2-19-6-5-7-20(12-19)17-32-18-25(26(31)15-21-13-23(29)16-24(30)14-21)28-11-10-22-8-3-4-9-27(22)33-28/h3-14,16,25-26,32H,2,15,17-18,31H2,1H3. The number of hydrogen-bond donors (Lipinski definition) is 2. The lowest BCUT2D eigenvalue weighted by molar-refractivity contribution is 0.477. The van der Waals surface area contributed by atoms with Gasteiger partial charge in [0.2, 0.25) is 0 Å². The largest absolute Gasteiger partial charge is 0.327 e. The van der Waals surface area contributed by atoms with Gasteiger partial charge in [-0.2, -0.15) is 0 Å². The molecule has 0 saturated carbocycles. The third kappa shape index (κ3) is 6.01. The first-order valence-corrected chi connectivity index (χ1v) is 11.4. The Morgan fingerprint density at radius 1 is 0.848 bits per heavy atom. The molecule has 0 bridgehead atoms. The quantitative estimate of drug-likeness (QED) is 0.357. The van der Waals surface area contributed by atoms with Crippen molar-refractivity contribution in [1.82, 2.24) is 10.3 Å². The van der Waals surface area contributed by atoms with Crippen LogP contribution in [-0.4, -0.2) is 17.6 Å². The van der Waals surface area contributed by atoms with E-state index in [0.717, 1.165) is 29.1 Å². The predicted octanol–water partition coefficient (Wildman–Crippen LogP) is 5.52. The third-order valence-electron chi connectivity index (χ3n) is 6.00. The highest BCUT2D eigenvalue weighted by molar-refractivity contribution is 5.78. The van der Waals surface area contributed by atoms with Gasteiger partial charge in [0, 0.05) is 42.2 Å². The van der Waals surface area contributed by atoms with Crippen LogP contribution in [-0.2, 0) is 19.4 Å². The number of halogens is 2. The lowest BCUT2D eigenvalue weighted by Crippen LogP contribution is -2.37. The fraction of sp³-hybridized carbons (Fsp3) is 0.250. The van der Waals surface area contributed by atoms with E-state index in [1.807, 2.05) is 36.4 Å². The van der Waals surface area contributed by atoms with Crippen LogP contribution in [0.25, 0.3) is 10.9 Å². The SMILES string of the molecule is CCc1cccc(CNCC(c2ccc3ccccc3n2)C(N)Cc2cc(F)cc(F)c2)c1. The zero-order valence-corrected chi connectivity index (χ0v) is 18.8. The van der Waals surface area contributed by atoms with Crippen molar-refractivity contribution in [3.05, 3.63) is 113 Å². The molecule has 2 atom stereocenters. The van der Waals surface area contributed by atoms with Gasteiger partial charge in [0.1, 0.15) is 11.6 Å². The number of pyridine rings is 1. The number of nitrogens with one attached hydrogen (secondary N) is 1. The number of rotatable bonds is 9. The van der Waals surface area contributed by atoms with Crippen molar-refractivity contribution < 1.29 is 8.78 Å². The highest BCUT2D eigenvalue weighted by atomic mass is 19.1. The summed E-state index contributed by atoms with van der Waals surface area (Å²) >= 11 is 0. The van der Waals surface area contributed by atoms with E-state index in [9.17, 15) is 8.78 Å². The smallest absolute Gasteiger partial charge is 0.126 e. The van der Waals surface area contributed by atoms with Crippen LogP contribution < -0.4 is 11.1 Å². The van der Waals surface area contributed by atoms with Crippen molar-refractivity contribution in [2.45, 2.75) is 38.3 Å². The Hall–Kier alpha value is -3.15. The number of aryl methyl sites for hydroxylation is 1. The van der Waals surface area contributed by atoms with Crippen molar-refractivity contribution in [3.8, 4) is 0 Å². The third-order valence-corrected chi connectivity index (χ3v) is 6.00. The number of nitrogens with zero attached hydrogens (tertiary/aromatic N) is 1. The van der Waals surface area contributed by atoms with Gasteiger partial charge in [-0.1, -0.05) is 55.5 Å². The molecule has 4 rings (SSSR count). The molecule has 170 valence electrons. The Morgan fingerprint density at radius 3 is 2.39 bits per heavy atom. The molecular weight excluding hydrogens is 416 g/mol. The van der Waals surface area contributed by atoms with Crippen molar-refractivity contribution in [3.63, 3.8) is 0 Å². The summed E-state index contributed by atoms with van der Waals surface area (Å²) in [6, 6.07) is 23.7. The molecule has 0 aliphatic heterocycles. The molecule has 3 N–H and O–H groups in total. The number of fused-ring (bicyclic) bond motifs is 1. The minimum atomic E-state index is -0.591. The molecule has 0 aliphatic carbocycles. The van der Waals surface area contributed by atoms with Gasteiger partial charge in [0.05, 0.1) is 5.52 Å². The van der Waals surface area contributed by atoms with Gasteiger partial charge < -0.3 is 11.1 Å². The van der Waals surface area contributed by atoms with E-state index in [1.165, 1.54) is 23.3 Å². The molecule has 3 aromatic carbocycles. The van der Waals surface area contributed by atoms with Gasteiger partial charge >= 0.3 is 0 Å². The van der Waals surface area contributed by atoms with Crippen molar-refractivity contribution >= 4 is 10.9 Å². The van der Waals surface area contributed by atoms with Gasteiger partial charge in [-0.05, 0) is 53.8 Å². The molecule has 33 heavy (non-hydrogen) atoms. The van der Waals surface area contributed by atoms with Gasteiger partial charge in [0.15, 0.2) is 0 Å². The summed E-state index contributed by atoms with van der Waals surface area (Å²) in [7, 11) is 0. The maximum Gasteiger partial charge on any atom is 0.126 e. The second-order valence-electron chi connectivity index (χ2n) is 8.49. The minimum Gasteiger partial charge on any atom is -0.327 e. The van der Waals surface area contributed by atoms with E-state index in [-0.39, 0.29) is 12.0 Å². The molecule has 0 spiro atoms. The van der Waals surface area contributed by atoms with Crippen LogP contribution in [0.15, 0.2) is 78.9 Å². The van der Waals surface area contributed by atoms with E-state index < -0.39 is 11.6 Å². The number of nitrogens with two attached hydrogens (primary N) is 1. The fourth-order valence-corrected chi connectivity index (χ4v) is 4.24. The van der Waals surface area contributed by atoms with E-state index in [1.54, 1.807) is 0 Å². The Bertz CT molecular complexity index is 1200. The van der Waals surface area contributed by atoms with Crippen LogP contribution >= 0.6 is 0 Å². The average molecular weight is 446 g/mol. The summed E-state index contributed by atoms with van der Waals surface area (Å²) in [6.45, 7) is 3.45. The maximum atomic E-state index is 13.7. The van der Waals surface area contributed by atoms with Crippen LogP contribution in [0, 0.1) is 11.6 Å². The van der Waals surface area contributed by atoms with E-state index in [4.69, 9.17) is 10.7 Å². The van der Waals surface area contributed by atoms with Crippen molar-refractivity contribution in [1.29, 1.82) is 0 Å². The van der Waals surface area contributed by atoms with Crippen molar-refractivity contribution in [2.75, 3.05) is 6.54 Å². The molecule has 0 radical (unpaired) electrons. The monoisotopic (exact) mass is 445 g/mol. The molecule has 0 amide bonds. The summed E-state index contributed by atoms with van der Waals surface area (Å²) < 4.78 is 27.4. The fourth-order valence-electron chi connectivity index (χ4n) is 4.24. The number of benzene rings is 3. The Morgan fingerprint density at radius 2 is 1.61 bits per heavy atom. The molecule has 0 aliphatic rings. The highest BCUT2D eigenvalue weighted by Gasteiger charge is 2.22. The summed E-state index contributed by atoms with van der Waals surface area (Å²) in [6.07, 6.45) is 1.34. The predicted molar refractivity (Wildman–Crippen MR) is 130 cm³/mol. The Balaban J connectivity index is 1.56. The van der Waals surface area contributed by atoms with E-state index in [2.05, 4.69) is 36.5 Å². The molecule has 4 aromatic rings. The van der Waals surface area contributed by atoms with Gasteiger partial charge in [0.25, 0.3) is 0 Å². The van der Waals surface area contributed by atoms with Crippen LogP contribution in [0.5, 0.6) is 0 Å². The molecule has 2 unspecified atom stereocenters. The van der Waals surface area contributed by atoms with E-state index >= 15 is 0 Å². The van der Waals surface area contributed by atoms with Gasteiger partial charge in [-0.3, -0.25) is 4.98 Å². The van der Waals surface area contributed by atoms with Crippen LogP contribution in [0.4, 0.5) is 8.78 Å². The highest BCUT2D eigenvalue weighted by Crippen LogP contribution is 2.23. The Labute approximate surface area is 193 Å². The lowest BCUT2D eigenvalue weighted by Gasteiger charge is -2.25. The molecule has 5 heteroatoms. The second kappa shape index (κ2) is 10.6. The Kier molecular flexibility index (Phi) is 7.43. The molecule has 3 nitrogen and oxygen atoms in total. The zero-order chi connectivity index (χ0) is 23.2. The van der Waals surface area contributed by atoms with Crippen molar-refractivity contribution in [2.24, 2.45) is 5.73 Å². The van der Waals surface area contributed by atoms with Crippen LogP contribution in [0.1, 0.15) is 35.2 Å². The number of aromatic nitrogens is 1. The first kappa shape index (κ1) is 23.0. The van der Waals surface area contributed by atoms with Gasteiger partial charge in [-0.25, -0.2) is 8.78 Å². The summed E-state index contributed by atoms with van der Waals surface area (Å²) in [5.41, 5.74) is 11.4. The van der Waals surface area contributed by atoms with Gasteiger partial charge in [-0.15, -0.1) is 0 Å². The summed E-state index contributed by atoms with van der Waals surface area (Å²) in [5, 5.41) is 4.58. The molecule has 1 heterocycles. The maximum absolute atomic E-state index is 13.7. The van der Waals surface area contributed by atoms with Crippen LogP contribution in [0.3, 0.4) is 0 Å². The molecule has 1 aromatic heterocycles. The topological polar surface area (TPSA) is 50.9 Å². The van der Waals surface area contributed by atoms with Crippen LogP contribution in [0.2, 0.25) is 0 Å². The first-order chi connectivity index (χ1) is 16.0. The number of hydrogen-bond acceptors (Lipinski definition) is 3. The minimum absolute atomic E-state index is 0.129. The summed E-state index contributed by atoms with van der Waals surface area (Å²) in [4.78, 5) is 4.86. The second-order valence-corrected chi connectivity index (χ2v) is 8.49. The first-order valence-electron chi connectivity index (χ1n) is 11.4. The summed E-state index contributed by atoms with van der Waals surface area (Å²) in [5.74, 6) is -1.31. The normalized spacial score (nSPS) is 13.2. The molecule has 0 saturated heterocycles. The molecule has 0 fully saturated rings. The average Bonchev–Trinajstić information content (AvgIpc) is 2.81.